The van der Waals surface area contributed by atoms with Gasteiger partial charge in [0.05, 0.1) is 6.04 Å². The molecule has 4 N–H and O–H groups in total. The van der Waals surface area contributed by atoms with E-state index in [1.165, 1.54) is 5.56 Å². The number of aromatic nitrogens is 1. The topological polar surface area (TPSA) is 132 Å². The second-order valence-electron chi connectivity index (χ2n) is 10.3. The van der Waals surface area contributed by atoms with Crippen LogP contribution in [0.4, 0.5) is 0 Å². The summed E-state index contributed by atoms with van der Waals surface area (Å²) in [7, 11) is 0. The number of aliphatic hydroxyl groups is 1. The predicted molar refractivity (Wildman–Crippen MR) is 123 cm³/mol. The first-order valence-electron chi connectivity index (χ1n) is 12.7. The third-order valence-electron chi connectivity index (χ3n) is 8.31. The number of rotatable bonds is 7. The van der Waals surface area contributed by atoms with Crippen LogP contribution in [0.1, 0.15) is 66.7 Å². The smallest absolute Gasteiger partial charge is 0.270 e. The molecule has 1 aromatic heterocycles. The van der Waals surface area contributed by atoms with Gasteiger partial charge in [0.25, 0.3) is 5.91 Å². The van der Waals surface area contributed by atoms with Crippen LogP contribution in [0.15, 0.2) is 6.07 Å². The van der Waals surface area contributed by atoms with Crippen molar-refractivity contribution in [1.82, 2.24) is 20.5 Å². The van der Waals surface area contributed by atoms with Gasteiger partial charge in [0.2, 0.25) is 11.8 Å². The van der Waals surface area contributed by atoms with E-state index in [0.29, 0.717) is 25.2 Å². The van der Waals surface area contributed by atoms with Gasteiger partial charge in [0, 0.05) is 24.7 Å². The molecule has 2 aliphatic carbocycles. The molecule has 5 atom stereocenters. The Morgan fingerprint density at radius 2 is 1.97 bits per heavy atom. The Bertz CT molecular complexity index is 964. The lowest BCUT2D eigenvalue weighted by Crippen LogP contribution is -2.53. The van der Waals surface area contributed by atoms with Crippen LogP contribution in [0, 0.1) is 17.8 Å². The van der Waals surface area contributed by atoms with Gasteiger partial charge in [-0.25, -0.2) is 0 Å². The van der Waals surface area contributed by atoms with E-state index in [1.807, 2.05) is 6.07 Å². The number of hydrogen-bond donors (Lipinski definition) is 4. The van der Waals surface area contributed by atoms with E-state index in [4.69, 9.17) is 0 Å². The van der Waals surface area contributed by atoms with Gasteiger partial charge in [-0.1, -0.05) is 6.42 Å². The fourth-order valence-electron chi connectivity index (χ4n) is 6.52. The minimum absolute atomic E-state index is 0.0631. The van der Waals surface area contributed by atoms with E-state index in [-0.39, 0.29) is 41.9 Å². The zero-order valence-electron chi connectivity index (χ0n) is 19.5. The van der Waals surface area contributed by atoms with Gasteiger partial charge in [-0.05, 0) is 74.8 Å². The number of likely N-dealkylation sites (tertiary alicyclic amines) is 1. The SMILES string of the molecule is O=C(CO)C(C[C@@H]1CCNC1=O)NC(=O)[C@@H]1[C@H]2CCC[C@H]2CN1C(=O)c1cc2c([nH]1)CCCC2. The Morgan fingerprint density at radius 1 is 1.15 bits per heavy atom. The quantitative estimate of drug-likeness (QED) is 0.466. The zero-order chi connectivity index (χ0) is 23.8. The van der Waals surface area contributed by atoms with Crippen LogP contribution in [0.25, 0.3) is 0 Å². The minimum Gasteiger partial charge on any atom is -0.389 e. The third kappa shape index (κ3) is 4.26. The van der Waals surface area contributed by atoms with Crippen LogP contribution in [0.2, 0.25) is 0 Å². The summed E-state index contributed by atoms with van der Waals surface area (Å²) in [6.45, 7) is 0.383. The molecule has 5 rings (SSSR count). The summed E-state index contributed by atoms with van der Waals surface area (Å²) >= 11 is 0. The number of hydrogen-bond acceptors (Lipinski definition) is 5. The normalized spacial score (nSPS) is 28.9. The van der Waals surface area contributed by atoms with Crippen LogP contribution in [-0.2, 0) is 27.2 Å². The summed E-state index contributed by atoms with van der Waals surface area (Å²) in [5.74, 6) is -1.19. The third-order valence-corrected chi connectivity index (χ3v) is 8.31. The number of aryl methyl sites for hydroxylation is 2. The van der Waals surface area contributed by atoms with Crippen molar-refractivity contribution in [3.8, 4) is 0 Å². The maximum atomic E-state index is 13.6. The van der Waals surface area contributed by atoms with E-state index in [2.05, 4.69) is 15.6 Å². The van der Waals surface area contributed by atoms with E-state index < -0.39 is 24.5 Å². The first-order chi connectivity index (χ1) is 16.5. The maximum absolute atomic E-state index is 13.6. The van der Waals surface area contributed by atoms with Crippen molar-refractivity contribution >= 4 is 23.5 Å². The summed E-state index contributed by atoms with van der Waals surface area (Å²) in [6, 6.07) is 0.352. The fourth-order valence-corrected chi connectivity index (χ4v) is 6.52. The number of nitrogens with one attached hydrogen (secondary N) is 3. The van der Waals surface area contributed by atoms with E-state index in [0.717, 1.165) is 50.6 Å². The molecule has 34 heavy (non-hydrogen) atoms. The Kier molecular flexibility index (Phi) is 6.46. The second-order valence-corrected chi connectivity index (χ2v) is 10.3. The number of fused-ring (bicyclic) bond motifs is 2. The molecule has 3 fully saturated rings. The molecular weight excluding hydrogens is 436 g/mol. The summed E-state index contributed by atoms with van der Waals surface area (Å²) in [6.07, 6.45) is 7.79. The van der Waals surface area contributed by atoms with Crippen LogP contribution in [0.3, 0.4) is 0 Å². The largest absolute Gasteiger partial charge is 0.389 e. The number of carbonyl (C=O) groups excluding carboxylic acids is 4. The number of aromatic amines is 1. The highest BCUT2D eigenvalue weighted by Crippen LogP contribution is 2.43. The lowest BCUT2D eigenvalue weighted by molar-refractivity contribution is -0.133. The second kappa shape index (κ2) is 9.52. The molecule has 9 heteroatoms. The molecule has 0 spiro atoms. The molecule has 184 valence electrons. The molecule has 3 amide bonds. The first-order valence-corrected chi connectivity index (χ1v) is 12.7. The molecule has 3 heterocycles. The Morgan fingerprint density at radius 3 is 2.71 bits per heavy atom. The number of H-pyrrole nitrogens is 1. The van der Waals surface area contributed by atoms with Crippen molar-refractivity contribution in [1.29, 1.82) is 0 Å². The van der Waals surface area contributed by atoms with Gasteiger partial charge >= 0.3 is 0 Å². The molecule has 1 saturated carbocycles. The Hall–Kier alpha value is -2.68. The standard InChI is InChI=1S/C25H34N4O5/c30-13-21(31)19(11-15-8-9-26-23(15)32)28-24(33)22-17-6-3-5-16(17)12-29(22)25(34)20-10-14-4-1-2-7-18(14)27-20/h10,15-17,19,22,27,30H,1-9,11-13H2,(H,26,32)(H,28,33)/t15-,16-,17-,19?,22-/m0/s1. The maximum Gasteiger partial charge on any atom is 0.270 e. The van der Waals surface area contributed by atoms with Gasteiger partial charge in [0.15, 0.2) is 5.78 Å². The zero-order valence-corrected chi connectivity index (χ0v) is 19.5. The number of Topliss-reactive ketones (excluding diaryl/α,β-unsaturated/α-hetero) is 1. The van der Waals surface area contributed by atoms with Crippen LogP contribution < -0.4 is 10.6 Å². The van der Waals surface area contributed by atoms with Gasteiger partial charge in [0.1, 0.15) is 18.3 Å². The average Bonchev–Trinajstić information content (AvgIpc) is 3.61. The van der Waals surface area contributed by atoms with Gasteiger partial charge in [-0.2, -0.15) is 0 Å². The van der Waals surface area contributed by atoms with E-state index in [9.17, 15) is 24.3 Å². The number of aliphatic hydroxyl groups excluding tert-OH is 1. The molecule has 9 nitrogen and oxygen atoms in total. The Balaban J connectivity index is 1.35. The molecule has 0 radical (unpaired) electrons. The molecule has 2 aliphatic heterocycles. The molecule has 0 aromatic carbocycles. The highest BCUT2D eigenvalue weighted by atomic mass is 16.3. The lowest BCUT2D eigenvalue weighted by atomic mass is 9.92. The van der Waals surface area contributed by atoms with Crippen molar-refractivity contribution in [2.75, 3.05) is 19.7 Å². The van der Waals surface area contributed by atoms with E-state index in [1.54, 1.807) is 4.90 Å². The lowest BCUT2D eigenvalue weighted by Gasteiger charge is -2.29. The van der Waals surface area contributed by atoms with Crippen molar-refractivity contribution in [2.24, 2.45) is 17.8 Å². The van der Waals surface area contributed by atoms with Crippen molar-refractivity contribution in [3.05, 3.63) is 23.0 Å². The van der Waals surface area contributed by atoms with Crippen LogP contribution in [-0.4, -0.2) is 70.3 Å². The van der Waals surface area contributed by atoms with Crippen LogP contribution >= 0.6 is 0 Å². The summed E-state index contributed by atoms with van der Waals surface area (Å²) in [5.41, 5.74) is 2.85. The molecule has 4 aliphatic rings. The van der Waals surface area contributed by atoms with Gasteiger partial charge < -0.3 is 25.6 Å². The number of ketones is 1. The van der Waals surface area contributed by atoms with E-state index >= 15 is 0 Å². The molecular formula is C25H34N4O5. The van der Waals surface area contributed by atoms with Gasteiger partial charge in [-0.15, -0.1) is 0 Å². The predicted octanol–water partition coefficient (Wildman–Crippen LogP) is 0.707. The van der Waals surface area contributed by atoms with Crippen molar-refractivity contribution in [2.45, 2.75) is 69.9 Å². The average molecular weight is 471 g/mol. The molecule has 1 unspecified atom stereocenters. The van der Waals surface area contributed by atoms with Crippen LogP contribution in [0.5, 0.6) is 0 Å². The minimum atomic E-state index is -0.943. The Labute approximate surface area is 199 Å². The number of amides is 3. The summed E-state index contributed by atoms with van der Waals surface area (Å²) in [5, 5.41) is 15.0. The number of nitrogens with zero attached hydrogens (tertiary/aromatic N) is 1. The molecule has 2 saturated heterocycles. The van der Waals surface area contributed by atoms with Crippen molar-refractivity contribution in [3.63, 3.8) is 0 Å². The number of carbonyl (C=O) groups is 4. The van der Waals surface area contributed by atoms with Crippen molar-refractivity contribution < 1.29 is 24.3 Å². The summed E-state index contributed by atoms with van der Waals surface area (Å²) in [4.78, 5) is 56.6. The monoisotopic (exact) mass is 470 g/mol. The molecule has 0 bridgehead atoms. The molecule has 1 aromatic rings. The first kappa shape index (κ1) is 23.1. The highest BCUT2D eigenvalue weighted by Gasteiger charge is 2.50. The highest BCUT2D eigenvalue weighted by molar-refractivity contribution is 5.98. The fraction of sp³-hybridized carbons (Fsp3) is 0.680. The van der Waals surface area contributed by atoms with Gasteiger partial charge in [-0.3, -0.25) is 19.2 Å². The summed E-state index contributed by atoms with van der Waals surface area (Å²) < 4.78 is 0.